The van der Waals surface area contributed by atoms with Gasteiger partial charge in [0.05, 0.1) is 5.56 Å². The molecule has 1 atom stereocenters. The summed E-state index contributed by atoms with van der Waals surface area (Å²) >= 11 is 0. The SMILES string of the molecule is CNC(CCCC(C)C)c1ccc(C(F)(F)F)cc1. The molecule has 1 aromatic carbocycles. The molecule has 1 aromatic rings. The van der Waals surface area contributed by atoms with Crippen molar-refractivity contribution >= 4 is 0 Å². The normalized spacial score (nSPS) is 13.8. The zero-order valence-corrected chi connectivity index (χ0v) is 11.7. The third-order valence-electron chi connectivity index (χ3n) is 3.26. The Morgan fingerprint density at radius 1 is 1.05 bits per heavy atom. The Hall–Kier alpha value is -1.03. The van der Waals surface area contributed by atoms with E-state index in [4.69, 9.17) is 0 Å². The lowest BCUT2D eigenvalue weighted by atomic mass is 9.97. The van der Waals surface area contributed by atoms with Crippen LogP contribution in [0.1, 0.15) is 50.3 Å². The van der Waals surface area contributed by atoms with E-state index in [0.717, 1.165) is 37.0 Å². The summed E-state index contributed by atoms with van der Waals surface area (Å²) in [4.78, 5) is 0. The Balaban J connectivity index is 2.66. The molecule has 1 N–H and O–H groups in total. The molecule has 0 bridgehead atoms. The Labute approximate surface area is 113 Å². The number of hydrogen-bond donors (Lipinski definition) is 1. The van der Waals surface area contributed by atoms with Gasteiger partial charge in [0.25, 0.3) is 0 Å². The van der Waals surface area contributed by atoms with E-state index in [-0.39, 0.29) is 6.04 Å². The summed E-state index contributed by atoms with van der Waals surface area (Å²) in [5.41, 5.74) is 0.326. The van der Waals surface area contributed by atoms with Crippen molar-refractivity contribution in [2.24, 2.45) is 5.92 Å². The maximum atomic E-state index is 12.5. The molecule has 0 saturated heterocycles. The van der Waals surface area contributed by atoms with Crippen molar-refractivity contribution in [1.29, 1.82) is 0 Å². The lowest BCUT2D eigenvalue weighted by Gasteiger charge is -2.18. The predicted molar refractivity (Wildman–Crippen MR) is 71.9 cm³/mol. The van der Waals surface area contributed by atoms with Crippen LogP contribution < -0.4 is 5.32 Å². The van der Waals surface area contributed by atoms with Crippen LogP contribution in [0, 0.1) is 5.92 Å². The molecule has 0 aromatic heterocycles. The molecular weight excluding hydrogens is 251 g/mol. The minimum absolute atomic E-state index is 0.126. The van der Waals surface area contributed by atoms with Crippen LogP contribution in [0.5, 0.6) is 0 Å². The first-order chi connectivity index (χ1) is 8.84. The van der Waals surface area contributed by atoms with Gasteiger partial charge in [-0.1, -0.05) is 38.8 Å². The van der Waals surface area contributed by atoms with Crippen LogP contribution in [0.15, 0.2) is 24.3 Å². The molecule has 0 aliphatic rings. The number of alkyl halides is 3. The van der Waals surface area contributed by atoms with E-state index in [2.05, 4.69) is 19.2 Å². The molecule has 0 fully saturated rings. The maximum Gasteiger partial charge on any atom is 0.416 e. The number of hydrogen-bond acceptors (Lipinski definition) is 1. The monoisotopic (exact) mass is 273 g/mol. The van der Waals surface area contributed by atoms with Crippen LogP contribution in [-0.4, -0.2) is 7.05 Å². The van der Waals surface area contributed by atoms with E-state index in [1.807, 2.05) is 7.05 Å². The van der Waals surface area contributed by atoms with Gasteiger partial charge in [-0.3, -0.25) is 0 Å². The summed E-state index contributed by atoms with van der Waals surface area (Å²) in [5.74, 6) is 0.658. The van der Waals surface area contributed by atoms with Gasteiger partial charge < -0.3 is 5.32 Å². The first kappa shape index (κ1) is 16.0. The fourth-order valence-corrected chi connectivity index (χ4v) is 2.11. The number of nitrogens with one attached hydrogen (secondary N) is 1. The molecule has 1 rings (SSSR count). The van der Waals surface area contributed by atoms with Crippen molar-refractivity contribution in [3.8, 4) is 0 Å². The highest BCUT2D eigenvalue weighted by atomic mass is 19.4. The van der Waals surface area contributed by atoms with Crippen LogP contribution in [0.3, 0.4) is 0 Å². The van der Waals surface area contributed by atoms with Gasteiger partial charge in [0.1, 0.15) is 0 Å². The Kier molecular flexibility index (Phi) is 5.85. The zero-order chi connectivity index (χ0) is 14.5. The Morgan fingerprint density at radius 2 is 1.63 bits per heavy atom. The van der Waals surface area contributed by atoms with Crippen molar-refractivity contribution in [2.45, 2.75) is 45.3 Å². The number of rotatable bonds is 6. The van der Waals surface area contributed by atoms with Crippen LogP contribution >= 0.6 is 0 Å². The largest absolute Gasteiger partial charge is 0.416 e. The van der Waals surface area contributed by atoms with Gasteiger partial charge in [0.2, 0.25) is 0 Å². The molecule has 4 heteroatoms. The highest BCUT2D eigenvalue weighted by Gasteiger charge is 2.30. The summed E-state index contributed by atoms with van der Waals surface area (Å²) in [6.07, 6.45) is -1.10. The lowest BCUT2D eigenvalue weighted by Crippen LogP contribution is -2.17. The fraction of sp³-hybridized carbons (Fsp3) is 0.600. The van der Waals surface area contributed by atoms with Crippen LogP contribution in [0.2, 0.25) is 0 Å². The summed E-state index contributed by atoms with van der Waals surface area (Å²) in [5, 5.41) is 3.17. The molecule has 108 valence electrons. The topological polar surface area (TPSA) is 12.0 Å². The van der Waals surface area contributed by atoms with Gasteiger partial charge in [0.15, 0.2) is 0 Å². The summed E-state index contributed by atoms with van der Waals surface area (Å²) in [6, 6.07) is 5.57. The van der Waals surface area contributed by atoms with E-state index in [9.17, 15) is 13.2 Å². The average Bonchev–Trinajstić information content (AvgIpc) is 2.33. The number of benzene rings is 1. The van der Waals surface area contributed by atoms with Crippen LogP contribution in [-0.2, 0) is 6.18 Å². The van der Waals surface area contributed by atoms with Gasteiger partial charge in [-0.05, 0) is 37.1 Å². The van der Waals surface area contributed by atoms with Crippen LogP contribution in [0.25, 0.3) is 0 Å². The van der Waals surface area contributed by atoms with Crippen molar-refractivity contribution in [3.63, 3.8) is 0 Å². The second-order valence-corrected chi connectivity index (χ2v) is 5.29. The lowest BCUT2D eigenvalue weighted by molar-refractivity contribution is -0.137. The fourth-order valence-electron chi connectivity index (χ4n) is 2.11. The predicted octanol–water partition coefficient (Wildman–Crippen LogP) is 4.79. The quantitative estimate of drug-likeness (QED) is 0.785. The van der Waals surface area contributed by atoms with Gasteiger partial charge in [-0.15, -0.1) is 0 Å². The highest BCUT2D eigenvalue weighted by Crippen LogP contribution is 2.30. The molecule has 0 spiro atoms. The molecule has 0 aliphatic heterocycles. The summed E-state index contributed by atoms with van der Waals surface area (Å²) in [7, 11) is 1.84. The third kappa shape index (κ3) is 5.23. The third-order valence-corrected chi connectivity index (χ3v) is 3.26. The van der Waals surface area contributed by atoms with Crippen molar-refractivity contribution in [2.75, 3.05) is 7.05 Å². The smallest absolute Gasteiger partial charge is 0.313 e. The minimum Gasteiger partial charge on any atom is -0.313 e. The standard InChI is InChI=1S/C15H22F3N/c1-11(2)5-4-6-14(19-3)12-7-9-13(10-8-12)15(16,17)18/h7-11,14,19H,4-6H2,1-3H3. The highest BCUT2D eigenvalue weighted by molar-refractivity contribution is 5.26. The summed E-state index contributed by atoms with van der Waals surface area (Å²) in [6.45, 7) is 4.35. The van der Waals surface area contributed by atoms with E-state index in [0.29, 0.717) is 5.92 Å². The van der Waals surface area contributed by atoms with Gasteiger partial charge >= 0.3 is 6.18 Å². The molecule has 0 aliphatic carbocycles. The molecule has 0 heterocycles. The second-order valence-electron chi connectivity index (χ2n) is 5.29. The first-order valence-electron chi connectivity index (χ1n) is 6.69. The van der Waals surface area contributed by atoms with E-state index in [1.54, 1.807) is 12.1 Å². The van der Waals surface area contributed by atoms with Gasteiger partial charge in [0, 0.05) is 6.04 Å². The molecule has 0 saturated carbocycles. The van der Waals surface area contributed by atoms with Gasteiger partial charge in [-0.2, -0.15) is 13.2 Å². The van der Waals surface area contributed by atoms with E-state index < -0.39 is 11.7 Å². The molecule has 19 heavy (non-hydrogen) atoms. The second kappa shape index (κ2) is 6.94. The molecular formula is C15H22F3N. The van der Waals surface area contributed by atoms with Crippen LogP contribution in [0.4, 0.5) is 13.2 Å². The average molecular weight is 273 g/mol. The summed E-state index contributed by atoms with van der Waals surface area (Å²) < 4.78 is 37.4. The first-order valence-corrected chi connectivity index (χ1v) is 6.69. The molecule has 0 amide bonds. The Bertz CT molecular complexity index is 368. The van der Waals surface area contributed by atoms with Crippen molar-refractivity contribution in [1.82, 2.24) is 5.32 Å². The molecule has 0 radical (unpaired) electrons. The molecule has 1 unspecified atom stereocenters. The van der Waals surface area contributed by atoms with Gasteiger partial charge in [-0.25, -0.2) is 0 Å². The zero-order valence-electron chi connectivity index (χ0n) is 11.7. The van der Waals surface area contributed by atoms with Crippen molar-refractivity contribution in [3.05, 3.63) is 35.4 Å². The van der Waals surface area contributed by atoms with Crippen molar-refractivity contribution < 1.29 is 13.2 Å². The molecule has 1 nitrogen and oxygen atoms in total. The van der Waals surface area contributed by atoms with E-state index >= 15 is 0 Å². The minimum atomic E-state index is -4.26. The maximum absolute atomic E-state index is 12.5. The Morgan fingerprint density at radius 3 is 2.05 bits per heavy atom. The van der Waals surface area contributed by atoms with E-state index in [1.165, 1.54) is 0 Å². The number of halogens is 3.